The minimum Gasteiger partial charge on any atom is -0.495 e. The number of rotatable bonds is 8. The normalized spacial score (nSPS) is 11.9. The van der Waals surface area contributed by atoms with Crippen molar-refractivity contribution >= 4 is 27.8 Å². The average molecular weight is 520 g/mol. The van der Waals surface area contributed by atoms with Crippen molar-refractivity contribution in [1.82, 2.24) is 5.43 Å². The summed E-state index contributed by atoms with van der Waals surface area (Å²) in [6, 6.07) is 15.7. The summed E-state index contributed by atoms with van der Waals surface area (Å²) in [4.78, 5) is 12.7. The summed E-state index contributed by atoms with van der Waals surface area (Å²) in [6.45, 7) is 2.86. The van der Waals surface area contributed by atoms with Gasteiger partial charge in [-0.25, -0.2) is 13.8 Å². The molecular formula is C25H24F3N3O4S. The number of nitrogens with zero attached hydrogens (tertiary/aromatic N) is 2. The second kappa shape index (κ2) is 10.8. The molecule has 0 fully saturated rings. The number of hydrogen-bond donors (Lipinski definition) is 1. The minimum atomic E-state index is -4.60. The molecule has 190 valence electrons. The molecule has 36 heavy (non-hydrogen) atoms. The number of carbonyl (C=O) groups excluding carboxylic acids is 1. The fourth-order valence-electron chi connectivity index (χ4n) is 3.34. The molecule has 0 spiro atoms. The molecule has 0 bridgehead atoms. The van der Waals surface area contributed by atoms with Crippen LogP contribution in [0.2, 0.25) is 0 Å². The zero-order valence-electron chi connectivity index (χ0n) is 19.7. The van der Waals surface area contributed by atoms with Gasteiger partial charge in [0, 0.05) is 5.56 Å². The van der Waals surface area contributed by atoms with Gasteiger partial charge in [0.05, 0.1) is 29.5 Å². The van der Waals surface area contributed by atoms with Gasteiger partial charge in [0.2, 0.25) is 0 Å². The van der Waals surface area contributed by atoms with E-state index in [0.29, 0.717) is 0 Å². The Balaban J connectivity index is 1.93. The van der Waals surface area contributed by atoms with Crippen molar-refractivity contribution in [3.05, 3.63) is 89.0 Å². The molecule has 0 aliphatic carbocycles. The number of hydrazone groups is 1. The van der Waals surface area contributed by atoms with Crippen molar-refractivity contribution in [2.24, 2.45) is 5.10 Å². The molecule has 3 rings (SSSR count). The monoisotopic (exact) mass is 519 g/mol. The molecule has 3 aromatic rings. The van der Waals surface area contributed by atoms with Gasteiger partial charge in [0.1, 0.15) is 12.3 Å². The Kier molecular flexibility index (Phi) is 8.03. The number of ether oxygens (including phenoxy) is 1. The van der Waals surface area contributed by atoms with Gasteiger partial charge in [0.25, 0.3) is 15.9 Å². The van der Waals surface area contributed by atoms with E-state index in [2.05, 4.69) is 10.5 Å². The van der Waals surface area contributed by atoms with Crippen LogP contribution >= 0.6 is 0 Å². The predicted molar refractivity (Wildman–Crippen MR) is 131 cm³/mol. The van der Waals surface area contributed by atoms with E-state index in [-0.39, 0.29) is 21.9 Å². The van der Waals surface area contributed by atoms with Crippen LogP contribution < -0.4 is 14.5 Å². The zero-order chi connectivity index (χ0) is 26.5. The van der Waals surface area contributed by atoms with Crippen molar-refractivity contribution in [1.29, 1.82) is 0 Å². The van der Waals surface area contributed by atoms with Crippen molar-refractivity contribution in [2.75, 3.05) is 18.0 Å². The summed E-state index contributed by atoms with van der Waals surface area (Å²) in [5.74, 6) is -0.651. The highest BCUT2D eigenvalue weighted by Gasteiger charge is 2.33. The summed E-state index contributed by atoms with van der Waals surface area (Å²) in [6.07, 6.45) is -3.75. The Bertz CT molecular complexity index is 1370. The zero-order valence-corrected chi connectivity index (χ0v) is 20.5. The molecule has 0 heterocycles. The number of carbonyl (C=O) groups is 1. The van der Waals surface area contributed by atoms with Crippen molar-refractivity contribution in [2.45, 2.75) is 24.9 Å². The Morgan fingerprint density at radius 1 is 1.03 bits per heavy atom. The molecule has 0 radical (unpaired) electrons. The molecule has 1 N–H and O–H groups in total. The Hall–Kier alpha value is -3.86. The second-order valence-corrected chi connectivity index (χ2v) is 9.74. The van der Waals surface area contributed by atoms with E-state index >= 15 is 0 Å². The number of aryl methyl sites for hydroxylation is 2. The molecule has 11 heteroatoms. The van der Waals surface area contributed by atoms with E-state index in [1.165, 1.54) is 37.4 Å². The van der Waals surface area contributed by atoms with E-state index in [1.54, 1.807) is 44.2 Å². The first-order valence-electron chi connectivity index (χ1n) is 10.7. The summed E-state index contributed by atoms with van der Waals surface area (Å²) in [7, 11) is -2.86. The third-order valence-electron chi connectivity index (χ3n) is 5.16. The highest BCUT2D eigenvalue weighted by molar-refractivity contribution is 7.92. The molecule has 0 atom stereocenters. The number of anilines is 1. The van der Waals surface area contributed by atoms with E-state index in [0.717, 1.165) is 27.7 Å². The maximum Gasteiger partial charge on any atom is 0.417 e. The van der Waals surface area contributed by atoms with E-state index in [9.17, 15) is 26.4 Å². The molecule has 1 amide bonds. The molecule has 0 aromatic heterocycles. The standard InChI is InChI=1S/C25H24F3N3O4S/c1-17-8-11-20(12-9-17)36(33,34)31(22-14-18(2)10-13-23(22)35-3)16-24(32)30-29-15-19-6-4-5-7-21(19)25(26,27)28/h4-15H,16H2,1-3H3,(H,30,32)/b29-15-. The number of halogens is 3. The van der Waals surface area contributed by atoms with Gasteiger partial charge < -0.3 is 4.74 Å². The van der Waals surface area contributed by atoms with Crippen LogP contribution in [0.4, 0.5) is 18.9 Å². The number of nitrogens with one attached hydrogen (secondary N) is 1. The third-order valence-corrected chi connectivity index (χ3v) is 6.93. The van der Waals surface area contributed by atoms with Gasteiger partial charge in [-0.15, -0.1) is 0 Å². The fraction of sp³-hybridized carbons (Fsp3) is 0.200. The van der Waals surface area contributed by atoms with Crippen molar-refractivity contribution in [3.8, 4) is 5.75 Å². The topological polar surface area (TPSA) is 88.1 Å². The molecule has 0 aliphatic heterocycles. The third kappa shape index (κ3) is 6.22. The van der Waals surface area contributed by atoms with E-state index in [4.69, 9.17) is 4.74 Å². The number of amides is 1. The van der Waals surface area contributed by atoms with Gasteiger partial charge in [-0.3, -0.25) is 9.10 Å². The summed E-state index contributed by atoms with van der Waals surface area (Å²) in [5, 5.41) is 3.61. The van der Waals surface area contributed by atoms with E-state index in [1.807, 2.05) is 0 Å². The molecule has 0 saturated heterocycles. The highest BCUT2D eigenvalue weighted by atomic mass is 32.2. The van der Waals surface area contributed by atoms with Crippen LogP contribution in [0, 0.1) is 13.8 Å². The first-order valence-corrected chi connectivity index (χ1v) is 12.1. The van der Waals surface area contributed by atoms with Crippen LogP contribution in [0.3, 0.4) is 0 Å². The minimum absolute atomic E-state index is 0.0490. The number of sulfonamides is 1. The number of methoxy groups -OCH3 is 1. The smallest absolute Gasteiger partial charge is 0.417 e. The second-order valence-electron chi connectivity index (χ2n) is 7.88. The van der Waals surface area contributed by atoms with Crippen LogP contribution in [0.25, 0.3) is 0 Å². The van der Waals surface area contributed by atoms with Crippen molar-refractivity contribution in [3.63, 3.8) is 0 Å². The number of hydrogen-bond acceptors (Lipinski definition) is 5. The molecular weight excluding hydrogens is 495 g/mol. The highest BCUT2D eigenvalue weighted by Crippen LogP contribution is 2.33. The first-order chi connectivity index (χ1) is 16.9. The SMILES string of the molecule is COc1ccc(C)cc1N(CC(=O)N/N=C\c1ccccc1C(F)(F)F)S(=O)(=O)c1ccc(C)cc1. The first kappa shape index (κ1) is 26.7. The van der Waals surface area contributed by atoms with Crippen LogP contribution in [0.15, 0.2) is 76.7 Å². The van der Waals surface area contributed by atoms with Gasteiger partial charge >= 0.3 is 6.18 Å². The fourth-order valence-corrected chi connectivity index (χ4v) is 4.76. The molecule has 3 aromatic carbocycles. The lowest BCUT2D eigenvalue weighted by atomic mass is 10.1. The quantitative estimate of drug-likeness (QED) is 0.346. The van der Waals surface area contributed by atoms with Crippen LogP contribution in [0.1, 0.15) is 22.3 Å². The van der Waals surface area contributed by atoms with Gasteiger partial charge in [-0.05, 0) is 49.7 Å². The Morgan fingerprint density at radius 3 is 2.31 bits per heavy atom. The van der Waals surface area contributed by atoms with Gasteiger partial charge in [-0.1, -0.05) is 42.0 Å². The van der Waals surface area contributed by atoms with Crippen molar-refractivity contribution < 1.29 is 31.1 Å². The van der Waals surface area contributed by atoms with Crippen LogP contribution in [0.5, 0.6) is 5.75 Å². The number of benzene rings is 3. The van der Waals surface area contributed by atoms with Crippen LogP contribution in [-0.4, -0.2) is 34.2 Å². The summed E-state index contributed by atoms with van der Waals surface area (Å²) >= 11 is 0. The lowest BCUT2D eigenvalue weighted by Crippen LogP contribution is -2.39. The Labute approximate surface area is 207 Å². The predicted octanol–water partition coefficient (Wildman–Crippen LogP) is 4.68. The van der Waals surface area contributed by atoms with Crippen LogP contribution in [-0.2, 0) is 21.0 Å². The maximum absolute atomic E-state index is 13.5. The maximum atomic E-state index is 13.5. The largest absolute Gasteiger partial charge is 0.495 e. The molecule has 0 unspecified atom stereocenters. The number of alkyl halides is 3. The average Bonchev–Trinajstić information content (AvgIpc) is 2.82. The lowest BCUT2D eigenvalue weighted by molar-refractivity contribution is -0.137. The summed E-state index contributed by atoms with van der Waals surface area (Å²) < 4.78 is 72.8. The Morgan fingerprint density at radius 2 is 1.67 bits per heavy atom. The molecule has 0 saturated carbocycles. The molecule has 0 aliphatic rings. The lowest BCUT2D eigenvalue weighted by Gasteiger charge is -2.25. The van der Waals surface area contributed by atoms with Gasteiger partial charge in [0.15, 0.2) is 0 Å². The van der Waals surface area contributed by atoms with E-state index < -0.39 is 34.2 Å². The molecule has 7 nitrogen and oxygen atoms in total. The van der Waals surface area contributed by atoms with Gasteiger partial charge in [-0.2, -0.15) is 18.3 Å². The summed E-state index contributed by atoms with van der Waals surface area (Å²) in [5.41, 5.74) is 2.63.